The molecule has 0 radical (unpaired) electrons. The third kappa shape index (κ3) is 6.51. The zero-order chi connectivity index (χ0) is 23.9. The van der Waals surface area contributed by atoms with Crippen molar-refractivity contribution in [3.63, 3.8) is 0 Å². The number of rotatable bonds is 10. The quantitative estimate of drug-likeness (QED) is 0.431. The Kier molecular flexibility index (Phi) is 8.42. The second kappa shape index (κ2) is 11.1. The minimum atomic E-state index is -3.59. The molecular weight excluding hydrogens is 450 g/mol. The average Bonchev–Trinajstić information content (AvgIpc) is 2.80. The Labute approximate surface area is 194 Å². The van der Waals surface area contributed by atoms with Crippen LogP contribution in [0.2, 0.25) is 0 Å². The molecule has 0 saturated carbocycles. The second-order valence-corrected chi connectivity index (χ2v) is 9.83. The van der Waals surface area contributed by atoms with Crippen LogP contribution in [0.4, 0.5) is 8.78 Å². The summed E-state index contributed by atoms with van der Waals surface area (Å²) in [6.45, 7) is 4.79. The van der Waals surface area contributed by atoms with Crippen molar-refractivity contribution in [3.8, 4) is 5.75 Å². The lowest BCUT2D eigenvalue weighted by Gasteiger charge is -2.26. The minimum absolute atomic E-state index is 0.0223. The van der Waals surface area contributed by atoms with Crippen molar-refractivity contribution in [2.24, 2.45) is 5.16 Å². The van der Waals surface area contributed by atoms with E-state index < -0.39 is 15.9 Å². The molecule has 1 aliphatic rings. The molecule has 0 atom stereocenters. The summed E-state index contributed by atoms with van der Waals surface area (Å²) >= 11 is 0. The Morgan fingerprint density at radius 1 is 1.06 bits per heavy atom. The number of hydrogen-bond acceptors (Lipinski definition) is 5. The van der Waals surface area contributed by atoms with E-state index >= 15 is 0 Å². The van der Waals surface area contributed by atoms with Gasteiger partial charge in [0.15, 0.2) is 0 Å². The van der Waals surface area contributed by atoms with Gasteiger partial charge in [0.2, 0.25) is 10.0 Å². The van der Waals surface area contributed by atoms with Crippen LogP contribution in [0.3, 0.4) is 0 Å². The fourth-order valence-electron chi connectivity index (χ4n) is 3.64. The van der Waals surface area contributed by atoms with Crippen LogP contribution in [0.25, 0.3) is 0 Å². The van der Waals surface area contributed by atoms with Crippen LogP contribution < -0.4 is 4.74 Å². The van der Waals surface area contributed by atoms with E-state index in [9.17, 15) is 17.2 Å². The van der Waals surface area contributed by atoms with E-state index in [1.165, 1.54) is 16.4 Å². The largest absolute Gasteiger partial charge is 0.494 e. The molecule has 2 aromatic carbocycles. The fraction of sp³-hybridized carbons (Fsp3) is 0.458. The molecule has 1 aliphatic heterocycles. The average molecular weight is 481 g/mol. The van der Waals surface area contributed by atoms with Crippen molar-refractivity contribution in [1.82, 2.24) is 4.31 Å². The number of ether oxygens (including phenoxy) is 1. The number of hydrogen-bond donors (Lipinski definition) is 0. The summed E-state index contributed by atoms with van der Waals surface area (Å²) in [5.41, 5.74) is 1.34. The summed E-state index contributed by atoms with van der Waals surface area (Å²) in [7, 11) is -3.59. The number of benzene rings is 2. The highest BCUT2D eigenvalue weighted by atomic mass is 32.2. The van der Waals surface area contributed by atoms with Gasteiger partial charge >= 0.3 is 0 Å². The van der Waals surface area contributed by atoms with Gasteiger partial charge in [0, 0.05) is 37.9 Å². The van der Waals surface area contributed by atoms with Gasteiger partial charge in [-0.1, -0.05) is 36.7 Å². The topological polar surface area (TPSA) is 68.2 Å². The van der Waals surface area contributed by atoms with Crippen LogP contribution in [-0.2, 0) is 27.4 Å². The predicted octanol–water partition coefficient (Wildman–Crippen LogP) is 5.33. The number of halogens is 2. The molecule has 0 N–H and O–H groups in total. The molecule has 2 aromatic rings. The first-order valence-corrected chi connectivity index (χ1v) is 12.6. The van der Waals surface area contributed by atoms with Gasteiger partial charge in [-0.05, 0) is 42.8 Å². The van der Waals surface area contributed by atoms with E-state index in [2.05, 4.69) is 5.16 Å². The molecule has 6 nitrogen and oxygen atoms in total. The molecule has 0 spiro atoms. The van der Waals surface area contributed by atoms with Crippen molar-refractivity contribution >= 4 is 15.7 Å². The van der Waals surface area contributed by atoms with Gasteiger partial charge in [-0.3, -0.25) is 0 Å². The van der Waals surface area contributed by atoms with Gasteiger partial charge < -0.3 is 9.57 Å². The van der Waals surface area contributed by atoms with Gasteiger partial charge in [-0.2, -0.15) is 4.31 Å². The molecule has 0 unspecified atom stereocenters. The Hall–Kier alpha value is -2.52. The second-order valence-electron chi connectivity index (χ2n) is 7.89. The SMILES string of the molecule is CCCC(F)(F)c1cccc(CON=C2CCN(S(=O)(=O)c3ccc(OCC)cc3)CC2)c1. The smallest absolute Gasteiger partial charge is 0.273 e. The maximum absolute atomic E-state index is 14.1. The molecule has 1 fully saturated rings. The molecule has 1 saturated heterocycles. The first kappa shape index (κ1) is 25.1. The van der Waals surface area contributed by atoms with E-state index in [-0.39, 0.29) is 23.5 Å². The van der Waals surface area contributed by atoms with Crippen molar-refractivity contribution < 1.29 is 26.8 Å². The highest BCUT2D eigenvalue weighted by Crippen LogP contribution is 2.33. The molecule has 0 aliphatic carbocycles. The highest BCUT2D eigenvalue weighted by Gasteiger charge is 2.30. The summed E-state index contributed by atoms with van der Waals surface area (Å²) < 4.78 is 60.8. The number of alkyl halides is 2. The van der Waals surface area contributed by atoms with E-state index in [0.29, 0.717) is 50.3 Å². The Bertz CT molecular complexity index is 1050. The zero-order valence-electron chi connectivity index (χ0n) is 19.0. The van der Waals surface area contributed by atoms with Crippen LogP contribution in [0.5, 0.6) is 5.75 Å². The summed E-state index contributed by atoms with van der Waals surface area (Å²) in [5.74, 6) is -2.24. The molecule has 0 aromatic heterocycles. The fourth-order valence-corrected chi connectivity index (χ4v) is 5.09. The molecule has 0 bridgehead atoms. The summed E-state index contributed by atoms with van der Waals surface area (Å²) in [6.07, 6.45) is 1.10. The first-order valence-electron chi connectivity index (χ1n) is 11.1. The predicted molar refractivity (Wildman–Crippen MR) is 123 cm³/mol. The normalized spacial score (nSPS) is 15.3. The highest BCUT2D eigenvalue weighted by molar-refractivity contribution is 7.89. The van der Waals surface area contributed by atoms with E-state index in [0.717, 1.165) is 5.71 Å². The number of nitrogens with zero attached hydrogens (tertiary/aromatic N) is 2. The lowest BCUT2D eigenvalue weighted by molar-refractivity contribution is -0.0142. The standard InChI is InChI=1S/C24H30F2N2O4S/c1-3-14-24(25,26)20-7-5-6-19(17-20)18-32-27-21-12-15-28(16-13-21)33(29,30)23-10-8-22(9-11-23)31-4-2/h5-11,17H,3-4,12-16,18H2,1-2H3. The first-order chi connectivity index (χ1) is 15.8. The zero-order valence-corrected chi connectivity index (χ0v) is 19.8. The molecule has 9 heteroatoms. The minimum Gasteiger partial charge on any atom is -0.494 e. The van der Waals surface area contributed by atoms with Crippen molar-refractivity contribution in [2.45, 2.75) is 57.0 Å². The maximum Gasteiger partial charge on any atom is 0.273 e. The van der Waals surface area contributed by atoms with Gasteiger partial charge in [0.05, 0.1) is 17.2 Å². The summed E-state index contributed by atoms with van der Waals surface area (Å²) in [5, 5.41) is 4.12. The van der Waals surface area contributed by atoms with Gasteiger partial charge in [0.25, 0.3) is 5.92 Å². The van der Waals surface area contributed by atoms with Gasteiger partial charge in [0.1, 0.15) is 12.4 Å². The van der Waals surface area contributed by atoms with Crippen molar-refractivity contribution in [2.75, 3.05) is 19.7 Å². The Morgan fingerprint density at radius 3 is 2.39 bits per heavy atom. The summed E-state index contributed by atoms with van der Waals surface area (Å²) in [4.78, 5) is 5.61. The van der Waals surface area contributed by atoms with Crippen molar-refractivity contribution in [3.05, 3.63) is 59.7 Å². The van der Waals surface area contributed by atoms with Crippen LogP contribution in [0.1, 0.15) is 50.7 Å². The van der Waals surface area contributed by atoms with Crippen LogP contribution in [0.15, 0.2) is 58.6 Å². The third-order valence-electron chi connectivity index (χ3n) is 5.41. The Morgan fingerprint density at radius 2 is 1.76 bits per heavy atom. The molecule has 1 heterocycles. The number of sulfonamides is 1. The molecule has 3 rings (SSSR count). The van der Waals surface area contributed by atoms with E-state index in [1.807, 2.05) is 6.92 Å². The summed E-state index contributed by atoms with van der Waals surface area (Å²) in [6, 6.07) is 12.6. The van der Waals surface area contributed by atoms with Gasteiger partial charge in [-0.15, -0.1) is 0 Å². The molecular formula is C24H30F2N2O4S. The lowest BCUT2D eigenvalue weighted by atomic mass is 10.0. The van der Waals surface area contributed by atoms with E-state index in [1.54, 1.807) is 43.3 Å². The van der Waals surface area contributed by atoms with Crippen LogP contribution in [0, 0.1) is 0 Å². The molecule has 0 amide bonds. The van der Waals surface area contributed by atoms with Crippen LogP contribution >= 0.6 is 0 Å². The Balaban J connectivity index is 1.54. The van der Waals surface area contributed by atoms with Crippen molar-refractivity contribution in [1.29, 1.82) is 0 Å². The molecule has 33 heavy (non-hydrogen) atoms. The third-order valence-corrected chi connectivity index (χ3v) is 7.32. The van der Waals surface area contributed by atoms with Crippen LogP contribution in [-0.4, -0.2) is 38.1 Å². The number of oxime groups is 1. The van der Waals surface area contributed by atoms with Gasteiger partial charge in [-0.25, -0.2) is 17.2 Å². The monoisotopic (exact) mass is 480 g/mol. The maximum atomic E-state index is 14.1. The number of piperidine rings is 1. The lowest BCUT2D eigenvalue weighted by Crippen LogP contribution is -2.38. The molecule has 180 valence electrons. The van der Waals surface area contributed by atoms with E-state index in [4.69, 9.17) is 9.57 Å².